The summed E-state index contributed by atoms with van der Waals surface area (Å²) in [7, 11) is -3.73. The van der Waals surface area contributed by atoms with Crippen LogP contribution in [-0.4, -0.2) is 37.8 Å². The summed E-state index contributed by atoms with van der Waals surface area (Å²) in [5.41, 5.74) is 5.65. The van der Waals surface area contributed by atoms with E-state index in [1.165, 1.54) is 17.3 Å². The van der Waals surface area contributed by atoms with Gasteiger partial charge in [-0.05, 0) is 31.0 Å². The fourth-order valence-electron chi connectivity index (χ4n) is 2.29. The van der Waals surface area contributed by atoms with E-state index in [2.05, 4.69) is 5.32 Å². The van der Waals surface area contributed by atoms with Gasteiger partial charge in [-0.2, -0.15) is 4.31 Å². The molecule has 1 fully saturated rings. The number of carbonyl (C=O) groups is 1. The van der Waals surface area contributed by atoms with Crippen LogP contribution in [0.3, 0.4) is 0 Å². The topological polar surface area (TPSA) is 92.5 Å². The molecule has 1 aromatic rings. The molecule has 1 aliphatic heterocycles. The number of sulfonamides is 1. The molecule has 3 N–H and O–H groups in total. The number of nitrogens with one attached hydrogen (secondary N) is 1. The Morgan fingerprint density at radius 1 is 1.45 bits per heavy atom. The smallest absolute Gasteiger partial charge is 0.243 e. The molecule has 0 saturated carbocycles. The molecule has 22 heavy (non-hydrogen) atoms. The van der Waals surface area contributed by atoms with E-state index in [1.54, 1.807) is 0 Å². The molecule has 2 rings (SSSR count). The van der Waals surface area contributed by atoms with Crippen LogP contribution in [0.4, 0.5) is 10.1 Å². The Hall–Kier alpha value is -1.22. The Morgan fingerprint density at radius 2 is 2.14 bits per heavy atom. The molecule has 1 saturated heterocycles. The van der Waals surface area contributed by atoms with E-state index in [1.807, 2.05) is 0 Å². The number of piperidine rings is 1. The molecular weight excluding hydrogens is 333 g/mol. The van der Waals surface area contributed by atoms with Gasteiger partial charge >= 0.3 is 0 Å². The number of rotatable bonds is 3. The third-order valence-corrected chi connectivity index (χ3v) is 5.17. The van der Waals surface area contributed by atoms with Crippen LogP contribution in [0.2, 0.25) is 0 Å². The van der Waals surface area contributed by atoms with Gasteiger partial charge in [-0.3, -0.25) is 4.79 Å². The highest BCUT2D eigenvalue weighted by Gasteiger charge is 2.29. The van der Waals surface area contributed by atoms with Crippen LogP contribution in [0, 0.1) is 5.82 Å². The van der Waals surface area contributed by atoms with E-state index < -0.39 is 21.7 Å². The van der Waals surface area contributed by atoms with Crippen LogP contribution in [-0.2, 0) is 14.8 Å². The summed E-state index contributed by atoms with van der Waals surface area (Å²) >= 11 is 0. The first kappa shape index (κ1) is 18.8. The summed E-state index contributed by atoms with van der Waals surface area (Å²) in [5, 5.41) is 2.28. The Balaban J connectivity index is 0.00000242. The molecule has 0 aliphatic carbocycles. The second kappa shape index (κ2) is 7.36. The number of nitrogens with zero attached hydrogens (tertiary/aromatic N) is 1. The van der Waals surface area contributed by atoms with Gasteiger partial charge < -0.3 is 11.1 Å². The first-order chi connectivity index (χ1) is 9.80. The van der Waals surface area contributed by atoms with Crippen molar-refractivity contribution >= 4 is 34.0 Å². The van der Waals surface area contributed by atoms with Crippen LogP contribution in [0.15, 0.2) is 23.1 Å². The van der Waals surface area contributed by atoms with Crippen molar-refractivity contribution in [2.75, 3.05) is 18.4 Å². The van der Waals surface area contributed by atoms with Gasteiger partial charge in [0, 0.05) is 26.1 Å². The minimum absolute atomic E-state index is 0. The molecule has 1 unspecified atom stereocenters. The van der Waals surface area contributed by atoms with Crippen molar-refractivity contribution in [2.24, 2.45) is 5.73 Å². The average Bonchev–Trinajstić information content (AvgIpc) is 2.40. The first-order valence-electron chi connectivity index (χ1n) is 6.63. The Labute approximate surface area is 135 Å². The predicted octanol–water partition coefficient (Wildman–Crippen LogP) is 1.32. The van der Waals surface area contributed by atoms with E-state index in [-0.39, 0.29) is 35.6 Å². The van der Waals surface area contributed by atoms with E-state index >= 15 is 0 Å². The summed E-state index contributed by atoms with van der Waals surface area (Å²) in [6.07, 6.45) is 1.48. The van der Waals surface area contributed by atoms with E-state index in [4.69, 9.17) is 5.73 Å². The largest absolute Gasteiger partial charge is 0.327 e. The minimum Gasteiger partial charge on any atom is -0.327 e. The third-order valence-electron chi connectivity index (χ3n) is 3.31. The maximum Gasteiger partial charge on any atom is 0.243 e. The van der Waals surface area contributed by atoms with Gasteiger partial charge in [-0.15, -0.1) is 12.4 Å². The molecule has 1 aliphatic rings. The molecule has 1 amide bonds. The quantitative estimate of drug-likeness (QED) is 0.859. The molecular formula is C13H19ClFN3O3S. The fraction of sp³-hybridized carbons (Fsp3) is 0.462. The highest BCUT2D eigenvalue weighted by atomic mass is 35.5. The summed E-state index contributed by atoms with van der Waals surface area (Å²) in [6.45, 7) is 1.86. The number of carbonyl (C=O) groups excluding carboxylic acids is 1. The van der Waals surface area contributed by atoms with Gasteiger partial charge in [0.2, 0.25) is 15.9 Å². The van der Waals surface area contributed by atoms with Gasteiger partial charge in [0.15, 0.2) is 0 Å². The highest BCUT2D eigenvalue weighted by Crippen LogP contribution is 2.24. The lowest BCUT2D eigenvalue weighted by Gasteiger charge is -2.30. The lowest BCUT2D eigenvalue weighted by molar-refractivity contribution is -0.114. The predicted molar refractivity (Wildman–Crippen MR) is 83.9 cm³/mol. The summed E-state index contributed by atoms with van der Waals surface area (Å²) in [4.78, 5) is 11.0. The van der Waals surface area contributed by atoms with Crippen molar-refractivity contribution in [3.8, 4) is 0 Å². The molecule has 0 aromatic heterocycles. The van der Waals surface area contributed by atoms with Crippen molar-refractivity contribution in [2.45, 2.75) is 30.7 Å². The average molecular weight is 352 g/mol. The first-order valence-corrected chi connectivity index (χ1v) is 8.07. The lowest BCUT2D eigenvalue weighted by atomic mass is 10.1. The third kappa shape index (κ3) is 4.16. The summed E-state index contributed by atoms with van der Waals surface area (Å²) in [5.74, 6) is -1.15. The second-order valence-electron chi connectivity index (χ2n) is 5.09. The van der Waals surface area contributed by atoms with Gasteiger partial charge in [-0.25, -0.2) is 12.8 Å². The van der Waals surface area contributed by atoms with Crippen LogP contribution in [0.1, 0.15) is 19.8 Å². The van der Waals surface area contributed by atoms with Gasteiger partial charge in [-0.1, -0.05) is 0 Å². The molecule has 6 nitrogen and oxygen atoms in total. The van der Waals surface area contributed by atoms with Crippen LogP contribution in [0.5, 0.6) is 0 Å². The summed E-state index contributed by atoms with van der Waals surface area (Å²) in [6, 6.07) is 3.16. The van der Waals surface area contributed by atoms with Crippen LogP contribution in [0.25, 0.3) is 0 Å². The monoisotopic (exact) mass is 351 g/mol. The number of anilines is 1. The zero-order valence-corrected chi connectivity index (χ0v) is 13.7. The molecule has 0 radical (unpaired) electrons. The zero-order chi connectivity index (χ0) is 15.6. The number of hydrogen-bond acceptors (Lipinski definition) is 4. The summed E-state index contributed by atoms with van der Waals surface area (Å²) < 4.78 is 39.9. The molecule has 1 aromatic carbocycles. The molecule has 1 atom stereocenters. The molecule has 0 spiro atoms. The number of amides is 1. The van der Waals surface area contributed by atoms with Crippen LogP contribution >= 0.6 is 12.4 Å². The van der Waals surface area contributed by atoms with E-state index in [0.717, 1.165) is 18.6 Å². The lowest BCUT2D eigenvalue weighted by Crippen LogP contribution is -2.45. The van der Waals surface area contributed by atoms with Gasteiger partial charge in [0.25, 0.3) is 0 Å². The maximum absolute atomic E-state index is 13.6. The van der Waals surface area contributed by atoms with E-state index in [9.17, 15) is 17.6 Å². The fourth-order valence-corrected chi connectivity index (χ4v) is 3.85. The molecule has 9 heteroatoms. The Bertz CT molecular complexity index is 654. The zero-order valence-electron chi connectivity index (χ0n) is 12.1. The number of nitrogens with two attached hydrogens (primary N) is 1. The highest BCUT2D eigenvalue weighted by molar-refractivity contribution is 7.89. The SMILES string of the molecule is CC(=O)Nc1cc(S(=O)(=O)N2CCCC(N)C2)ccc1F.Cl. The number of benzene rings is 1. The Morgan fingerprint density at radius 3 is 2.73 bits per heavy atom. The van der Waals surface area contributed by atoms with Crippen molar-refractivity contribution in [1.82, 2.24) is 4.31 Å². The maximum atomic E-state index is 13.6. The Kier molecular flexibility index (Phi) is 6.30. The van der Waals surface area contributed by atoms with Crippen molar-refractivity contribution in [3.05, 3.63) is 24.0 Å². The van der Waals surface area contributed by atoms with E-state index in [0.29, 0.717) is 13.0 Å². The molecule has 0 bridgehead atoms. The second-order valence-corrected chi connectivity index (χ2v) is 7.03. The van der Waals surface area contributed by atoms with Crippen LogP contribution < -0.4 is 11.1 Å². The molecule has 1 heterocycles. The van der Waals surface area contributed by atoms with Gasteiger partial charge in [0.1, 0.15) is 5.82 Å². The van der Waals surface area contributed by atoms with Crippen molar-refractivity contribution < 1.29 is 17.6 Å². The number of halogens is 2. The van der Waals surface area contributed by atoms with Gasteiger partial charge in [0.05, 0.1) is 10.6 Å². The normalized spacial score (nSPS) is 19.3. The minimum atomic E-state index is -3.73. The van der Waals surface area contributed by atoms with Crippen molar-refractivity contribution in [1.29, 1.82) is 0 Å². The number of hydrogen-bond donors (Lipinski definition) is 2. The molecule has 124 valence electrons. The standard InChI is InChI=1S/C13H18FN3O3S.ClH/c1-9(18)16-13-7-11(4-5-12(13)14)21(19,20)17-6-2-3-10(15)8-17;/h4-5,7,10H,2-3,6,8,15H2,1H3,(H,16,18);1H. The van der Waals surface area contributed by atoms with Crippen molar-refractivity contribution in [3.63, 3.8) is 0 Å².